The molecule has 0 aromatic heterocycles. The van der Waals surface area contributed by atoms with Crippen molar-refractivity contribution in [2.75, 3.05) is 13.2 Å². The topological polar surface area (TPSA) is 78.9 Å². The van der Waals surface area contributed by atoms with E-state index in [1.54, 1.807) is 0 Å². The van der Waals surface area contributed by atoms with Crippen LogP contribution in [-0.4, -0.2) is 37.2 Å². The van der Waals surface area contributed by atoms with E-state index in [1.807, 2.05) is 0 Å². The van der Waals surface area contributed by atoms with Crippen LogP contribution < -0.4 is 0 Å². The molecule has 6 nitrogen and oxygen atoms in total. The number of carbonyl (C=O) groups is 3. The Kier molecular flexibility index (Phi) is 45.8. The summed E-state index contributed by atoms with van der Waals surface area (Å²) >= 11 is 0. The van der Waals surface area contributed by atoms with Crippen molar-refractivity contribution in [1.29, 1.82) is 0 Å². The smallest absolute Gasteiger partial charge is 0.306 e. The molecule has 0 aromatic carbocycles. The van der Waals surface area contributed by atoms with Gasteiger partial charge in [-0.2, -0.15) is 0 Å². The normalized spacial score (nSPS) is 12.1. The van der Waals surface area contributed by atoms with Crippen molar-refractivity contribution in [3.05, 3.63) is 24.3 Å². The first-order valence-electron chi connectivity index (χ1n) is 25.3. The fourth-order valence-electron chi connectivity index (χ4n) is 7.31. The number of esters is 3. The van der Waals surface area contributed by atoms with Crippen molar-refractivity contribution in [1.82, 2.24) is 0 Å². The van der Waals surface area contributed by atoms with E-state index in [-0.39, 0.29) is 31.1 Å². The molecule has 0 bridgehead atoms. The van der Waals surface area contributed by atoms with E-state index in [0.29, 0.717) is 19.3 Å². The summed E-state index contributed by atoms with van der Waals surface area (Å²) in [4.78, 5) is 37.8. The van der Waals surface area contributed by atoms with Crippen molar-refractivity contribution in [2.24, 2.45) is 0 Å². The minimum Gasteiger partial charge on any atom is -0.462 e. The van der Waals surface area contributed by atoms with Crippen LogP contribution in [-0.2, 0) is 28.6 Å². The molecule has 0 aromatic rings. The van der Waals surface area contributed by atoms with Crippen molar-refractivity contribution in [3.63, 3.8) is 0 Å². The Bertz CT molecular complexity index is 942. The van der Waals surface area contributed by atoms with Crippen LogP contribution in [0.1, 0.15) is 271 Å². The molecule has 0 heterocycles. The number of carbonyl (C=O) groups excluding carboxylic acids is 3. The van der Waals surface area contributed by atoms with E-state index in [0.717, 1.165) is 70.6 Å². The average Bonchev–Trinajstić information content (AvgIpc) is 3.22. The summed E-state index contributed by atoms with van der Waals surface area (Å²) in [5.41, 5.74) is 0. The number of allylic oxidation sites excluding steroid dienone is 4. The molecular weight excluding hydrogens is 721 g/mol. The van der Waals surface area contributed by atoms with E-state index < -0.39 is 6.10 Å². The average molecular weight is 817 g/mol. The van der Waals surface area contributed by atoms with E-state index in [4.69, 9.17) is 14.2 Å². The van der Waals surface area contributed by atoms with Gasteiger partial charge in [-0.15, -0.1) is 0 Å². The highest BCUT2D eigenvalue weighted by atomic mass is 16.6. The molecule has 0 aliphatic rings. The van der Waals surface area contributed by atoms with E-state index in [2.05, 4.69) is 45.1 Å². The summed E-state index contributed by atoms with van der Waals surface area (Å²) in [6.45, 7) is 6.61. The van der Waals surface area contributed by atoms with Crippen molar-refractivity contribution in [3.8, 4) is 0 Å². The predicted molar refractivity (Wildman–Crippen MR) is 247 cm³/mol. The van der Waals surface area contributed by atoms with E-state index in [1.165, 1.54) is 161 Å². The summed E-state index contributed by atoms with van der Waals surface area (Å²) in [5.74, 6) is -0.888. The number of unbranched alkanes of at least 4 members (excludes halogenated alkanes) is 31. The summed E-state index contributed by atoms with van der Waals surface area (Å²) in [6.07, 6.45) is 53.0. The largest absolute Gasteiger partial charge is 0.462 e. The standard InChI is InChI=1S/C52H96O6/c1-4-7-10-13-16-19-22-24-25-26-27-29-30-33-36-39-42-45-51(54)57-48-49(47-56-50(53)44-41-38-35-32-21-18-15-12-9-6-3)58-52(55)46-43-40-37-34-31-28-23-20-17-14-11-8-5-2/h24-25,28,31,49H,4-23,26-27,29-30,32-48H2,1-3H3/b25-24-,31-28-. The zero-order valence-corrected chi connectivity index (χ0v) is 38.8. The highest BCUT2D eigenvalue weighted by molar-refractivity contribution is 5.71. The van der Waals surface area contributed by atoms with Crippen LogP contribution in [0.4, 0.5) is 0 Å². The quantitative estimate of drug-likeness (QED) is 0.0263. The predicted octanol–water partition coefficient (Wildman–Crippen LogP) is 16.4. The molecule has 58 heavy (non-hydrogen) atoms. The lowest BCUT2D eigenvalue weighted by Gasteiger charge is -2.18. The number of hydrogen-bond acceptors (Lipinski definition) is 6. The zero-order valence-electron chi connectivity index (χ0n) is 38.8. The van der Waals surface area contributed by atoms with Gasteiger partial charge in [0.25, 0.3) is 0 Å². The van der Waals surface area contributed by atoms with Crippen LogP contribution in [0.2, 0.25) is 0 Å². The molecule has 0 rings (SSSR count). The van der Waals surface area contributed by atoms with Crippen LogP contribution in [0.25, 0.3) is 0 Å². The van der Waals surface area contributed by atoms with Gasteiger partial charge in [0.15, 0.2) is 6.10 Å². The molecule has 0 aliphatic carbocycles. The van der Waals surface area contributed by atoms with Gasteiger partial charge in [0, 0.05) is 19.3 Å². The van der Waals surface area contributed by atoms with Gasteiger partial charge in [0.2, 0.25) is 0 Å². The Labute approximate surface area is 360 Å². The minimum atomic E-state index is -0.775. The Morgan fingerprint density at radius 3 is 0.879 bits per heavy atom. The van der Waals surface area contributed by atoms with E-state index in [9.17, 15) is 14.4 Å². The first-order chi connectivity index (χ1) is 28.5. The molecule has 1 atom stereocenters. The first-order valence-corrected chi connectivity index (χ1v) is 25.3. The summed E-state index contributed by atoms with van der Waals surface area (Å²) in [7, 11) is 0. The second kappa shape index (κ2) is 47.6. The van der Waals surface area contributed by atoms with Crippen LogP contribution in [0.3, 0.4) is 0 Å². The third-order valence-corrected chi connectivity index (χ3v) is 11.2. The van der Waals surface area contributed by atoms with Gasteiger partial charge in [-0.1, -0.05) is 206 Å². The molecule has 0 N–H and O–H groups in total. The lowest BCUT2D eigenvalue weighted by Crippen LogP contribution is -2.30. The van der Waals surface area contributed by atoms with Crippen LogP contribution in [0.15, 0.2) is 24.3 Å². The Morgan fingerprint density at radius 1 is 0.328 bits per heavy atom. The fraction of sp³-hybridized carbons (Fsp3) is 0.865. The molecule has 0 radical (unpaired) electrons. The van der Waals surface area contributed by atoms with Crippen LogP contribution in [0.5, 0.6) is 0 Å². The third-order valence-electron chi connectivity index (χ3n) is 11.2. The minimum absolute atomic E-state index is 0.0755. The lowest BCUT2D eigenvalue weighted by atomic mass is 10.1. The maximum absolute atomic E-state index is 12.7. The SMILES string of the molecule is CCCCCCCC/C=C\CCCCCCCCCC(=O)OCC(COC(=O)CCCCCCCCCCCC)OC(=O)CCCCC/C=C\CCCCCCCC. The maximum atomic E-state index is 12.7. The summed E-state index contributed by atoms with van der Waals surface area (Å²) in [5, 5.41) is 0. The van der Waals surface area contributed by atoms with Crippen LogP contribution in [0, 0.1) is 0 Å². The molecule has 0 spiro atoms. The molecule has 6 heteroatoms. The van der Waals surface area contributed by atoms with Crippen molar-refractivity contribution in [2.45, 2.75) is 277 Å². The third kappa shape index (κ3) is 45.0. The Balaban J connectivity index is 4.33. The molecule has 0 saturated heterocycles. The lowest BCUT2D eigenvalue weighted by molar-refractivity contribution is -0.167. The summed E-state index contributed by atoms with van der Waals surface area (Å²) < 4.78 is 16.7. The van der Waals surface area contributed by atoms with Gasteiger partial charge in [-0.3, -0.25) is 14.4 Å². The number of hydrogen-bond donors (Lipinski definition) is 0. The molecular formula is C52H96O6. The van der Waals surface area contributed by atoms with Gasteiger partial charge in [-0.25, -0.2) is 0 Å². The van der Waals surface area contributed by atoms with Gasteiger partial charge >= 0.3 is 17.9 Å². The molecule has 0 saturated carbocycles. The zero-order chi connectivity index (χ0) is 42.3. The van der Waals surface area contributed by atoms with Crippen molar-refractivity contribution < 1.29 is 28.6 Å². The second-order valence-corrected chi connectivity index (χ2v) is 17.1. The molecule has 0 aliphatic heterocycles. The Hall–Kier alpha value is -2.11. The van der Waals surface area contributed by atoms with Gasteiger partial charge < -0.3 is 14.2 Å². The fourth-order valence-corrected chi connectivity index (χ4v) is 7.31. The monoisotopic (exact) mass is 817 g/mol. The summed E-state index contributed by atoms with van der Waals surface area (Å²) in [6, 6.07) is 0. The maximum Gasteiger partial charge on any atom is 0.306 e. The van der Waals surface area contributed by atoms with Crippen LogP contribution >= 0.6 is 0 Å². The van der Waals surface area contributed by atoms with E-state index >= 15 is 0 Å². The number of ether oxygens (including phenoxy) is 3. The molecule has 0 fully saturated rings. The highest BCUT2D eigenvalue weighted by Gasteiger charge is 2.19. The van der Waals surface area contributed by atoms with Gasteiger partial charge in [0.1, 0.15) is 13.2 Å². The molecule has 1 unspecified atom stereocenters. The first kappa shape index (κ1) is 55.9. The van der Waals surface area contributed by atoms with Crippen molar-refractivity contribution >= 4 is 17.9 Å². The van der Waals surface area contributed by atoms with Gasteiger partial charge in [0.05, 0.1) is 0 Å². The molecule has 340 valence electrons. The molecule has 0 amide bonds. The number of rotatable bonds is 46. The van der Waals surface area contributed by atoms with Gasteiger partial charge in [-0.05, 0) is 70.6 Å². The Morgan fingerprint density at radius 2 is 0.569 bits per heavy atom. The highest BCUT2D eigenvalue weighted by Crippen LogP contribution is 2.15. The second-order valence-electron chi connectivity index (χ2n) is 17.1.